The van der Waals surface area contributed by atoms with Crippen molar-refractivity contribution < 1.29 is 23.2 Å². The van der Waals surface area contributed by atoms with Gasteiger partial charge in [-0.25, -0.2) is 9.37 Å². The SMILES string of the molecule is CC.COc1ccc(C(=O)CNC(=O)C2=CC=C(c3nc(C)no3)CC=C2)nc1-c1ccc(F)c(Cl)c1. The van der Waals surface area contributed by atoms with Crippen molar-refractivity contribution in [3.8, 4) is 17.0 Å². The monoisotopic (exact) mass is 524 g/mol. The molecule has 0 aliphatic heterocycles. The van der Waals surface area contributed by atoms with Crippen molar-refractivity contribution in [3.05, 3.63) is 88.5 Å². The summed E-state index contributed by atoms with van der Waals surface area (Å²) < 4.78 is 24.1. The average Bonchev–Trinajstić information content (AvgIpc) is 3.20. The molecule has 2 aromatic heterocycles. The summed E-state index contributed by atoms with van der Waals surface area (Å²) in [6.07, 6.45) is 7.33. The second kappa shape index (κ2) is 12.7. The molecule has 1 N–H and O–H groups in total. The Morgan fingerprint density at radius 1 is 1.16 bits per heavy atom. The topological polar surface area (TPSA) is 107 Å². The number of rotatable bonds is 7. The van der Waals surface area contributed by atoms with Crippen LogP contribution in [0.5, 0.6) is 5.75 Å². The van der Waals surface area contributed by atoms with Gasteiger partial charge in [-0.05, 0) is 49.8 Å². The molecule has 1 amide bonds. The molecule has 192 valence electrons. The van der Waals surface area contributed by atoms with E-state index < -0.39 is 17.5 Å². The predicted molar refractivity (Wildman–Crippen MR) is 139 cm³/mol. The van der Waals surface area contributed by atoms with Crippen LogP contribution in [-0.2, 0) is 4.79 Å². The minimum atomic E-state index is -0.569. The van der Waals surface area contributed by atoms with E-state index in [0.717, 1.165) is 5.57 Å². The fourth-order valence-electron chi connectivity index (χ4n) is 3.33. The molecule has 2 heterocycles. The molecule has 0 fully saturated rings. The molecule has 37 heavy (non-hydrogen) atoms. The van der Waals surface area contributed by atoms with Crippen molar-refractivity contribution in [2.24, 2.45) is 0 Å². The van der Waals surface area contributed by atoms with Crippen LogP contribution in [-0.4, -0.2) is 40.5 Å². The first-order valence-electron chi connectivity index (χ1n) is 11.6. The summed E-state index contributed by atoms with van der Waals surface area (Å²) in [5, 5.41) is 6.31. The first-order chi connectivity index (χ1) is 17.9. The molecule has 0 spiro atoms. The Balaban J connectivity index is 0.00000186. The number of Topliss-reactive ketones (excluding diaryl/α,β-unsaturated/α-hetero) is 1. The molecular weight excluding hydrogens is 499 g/mol. The third kappa shape index (κ3) is 6.77. The van der Waals surface area contributed by atoms with Gasteiger partial charge in [-0.2, -0.15) is 4.98 Å². The molecule has 1 aliphatic carbocycles. The number of hydrogen-bond acceptors (Lipinski definition) is 7. The molecule has 3 aromatic rings. The molecular formula is C27H26ClFN4O4. The molecule has 8 nitrogen and oxygen atoms in total. The highest BCUT2D eigenvalue weighted by molar-refractivity contribution is 6.31. The van der Waals surface area contributed by atoms with Crippen LogP contribution in [0.2, 0.25) is 5.02 Å². The number of halogens is 2. The first kappa shape index (κ1) is 27.5. The number of hydrogen-bond donors (Lipinski definition) is 1. The number of aryl methyl sites for hydroxylation is 1. The van der Waals surface area contributed by atoms with Gasteiger partial charge in [0.15, 0.2) is 11.6 Å². The second-order valence-corrected chi connectivity index (χ2v) is 7.96. The van der Waals surface area contributed by atoms with E-state index in [1.54, 1.807) is 37.3 Å². The number of nitrogens with zero attached hydrogens (tertiary/aromatic N) is 3. The lowest BCUT2D eigenvalue weighted by Gasteiger charge is -2.11. The summed E-state index contributed by atoms with van der Waals surface area (Å²) in [5.41, 5.74) is 2.07. The van der Waals surface area contributed by atoms with E-state index in [2.05, 4.69) is 20.4 Å². The van der Waals surface area contributed by atoms with E-state index in [4.69, 9.17) is 20.9 Å². The summed E-state index contributed by atoms with van der Waals surface area (Å²) in [6, 6.07) is 7.18. The minimum absolute atomic E-state index is 0.0773. The van der Waals surface area contributed by atoms with Gasteiger partial charge in [0, 0.05) is 16.7 Å². The molecule has 0 saturated heterocycles. The Morgan fingerprint density at radius 2 is 1.95 bits per heavy atom. The maximum atomic E-state index is 13.6. The van der Waals surface area contributed by atoms with Crippen molar-refractivity contribution in [1.29, 1.82) is 0 Å². The lowest BCUT2D eigenvalue weighted by molar-refractivity contribution is -0.117. The van der Waals surface area contributed by atoms with Crippen LogP contribution in [0.1, 0.15) is 42.5 Å². The average molecular weight is 525 g/mol. The van der Waals surface area contributed by atoms with Gasteiger partial charge in [0.1, 0.15) is 23.0 Å². The molecule has 4 rings (SSSR count). The smallest absolute Gasteiger partial charge is 0.254 e. The molecule has 10 heteroatoms. The van der Waals surface area contributed by atoms with Crippen molar-refractivity contribution in [1.82, 2.24) is 20.4 Å². The van der Waals surface area contributed by atoms with E-state index in [0.29, 0.717) is 40.7 Å². The first-order valence-corrected chi connectivity index (χ1v) is 11.9. The fourth-order valence-corrected chi connectivity index (χ4v) is 3.51. The molecule has 0 saturated carbocycles. The number of ether oxygens (including phenoxy) is 1. The zero-order valence-corrected chi connectivity index (χ0v) is 21.6. The highest BCUT2D eigenvalue weighted by atomic mass is 35.5. The number of nitrogens with one attached hydrogen (secondary N) is 1. The van der Waals surface area contributed by atoms with Crippen LogP contribution in [0.3, 0.4) is 0 Å². The molecule has 0 radical (unpaired) electrons. The highest BCUT2D eigenvalue weighted by Gasteiger charge is 2.17. The largest absolute Gasteiger partial charge is 0.494 e. The number of methoxy groups -OCH3 is 1. The minimum Gasteiger partial charge on any atom is -0.494 e. The van der Waals surface area contributed by atoms with E-state index in [-0.39, 0.29) is 17.3 Å². The van der Waals surface area contributed by atoms with E-state index in [1.807, 2.05) is 13.8 Å². The second-order valence-electron chi connectivity index (χ2n) is 7.55. The van der Waals surface area contributed by atoms with Crippen LogP contribution >= 0.6 is 11.6 Å². The Labute approximate surface area is 218 Å². The Morgan fingerprint density at radius 3 is 2.62 bits per heavy atom. The summed E-state index contributed by atoms with van der Waals surface area (Å²) in [6.45, 7) is 5.45. The maximum absolute atomic E-state index is 13.6. The number of benzene rings is 1. The van der Waals surface area contributed by atoms with Gasteiger partial charge in [-0.1, -0.05) is 48.8 Å². The predicted octanol–water partition coefficient (Wildman–Crippen LogP) is 5.54. The summed E-state index contributed by atoms with van der Waals surface area (Å²) >= 11 is 5.89. The zero-order valence-electron chi connectivity index (χ0n) is 20.8. The van der Waals surface area contributed by atoms with Gasteiger partial charge in [0.05, 0.1) is 18.7 Å². The number of carbonyl (C=O) groups excluding carboxylic acids is 2. The quantitative estimate of drug-likeness (QED) is 0.404. The van der Waals surface area contributed by atoms with E-state index in [1.165, 1.54) is 31.4 Å². The van der Waals surface area contributed by atoms with Gasteiger partial charge in [-0.3, -0.25) is 9.59 Å². The van der Waals surface area contributed by atoms with E-state index in [9.17, 15) is 14.0 Å². The van der Waals surface area contributed by atoms with Crippen molar-refractivity contribution in [2.45, 2.75) is 27.2 Å². The summed E-state index contributed by atoms with van der Waals surface area (Å²) in [5.74, 6) is -0.100. The Kier molecular flexibility index (Phi) is 9.45. The van der Waals surface area contributed by atoms with Gasteiger partial charge in [0.25, 0.3) is 11.8 Å². The molecule has 1 aromatic carbocycles. The van der Waals surface area contributed by atoms with Gasteiger partial charge >= 0.3 is 0 Å². The lowest BCUT2D eigenvalue weighted by Crippen LogP contribution is -2.30. The molecule has 0 bridgehead atoms. The van der Waals surface area contributed by atoms with E-state index >= 15 is 0 Å². The number of amides is 1. The third-order valence-electron chi connectivity index (χ3n) is 5.13. The van der Waals surface area contributed by atoms with Crippen LogP contribution in [0.25, 0.3) is 16.8 Å². The Bertz CT molecular complexity index is 1390. The normalized spacial score (nSPS) is 12.5. The molecule has 1 aliphatic rings. The van der Waals surface area contributed by atoms with Crippen molar-refractivity contribution in [3.63, 3.8) is 0 Å². The summed E-state index contributed by atoms with van der Waals surface area (Å²) in [4.78, 5) is 34.0. The Hall–Kier alpha value is -4.11. The lowest BCUT2D eigenvalue weighted by atomic mass is 10.1. The van der Waals surface area contributed by atoms with Crippen LogP contribution in [0.4, 0.5) is 4.39 Å². The van der Waals surface area contributed by atoms with Crippen molar-refractivity contribution >= 4 is 28.9 Å². The number of carbonyl (C=O) groups is 2. The van der Waals surface area contributed by atoms with Crippen LogP contribution < -0.4 is 10.1 Å². The molecule has 0 unspecified atom stereocenters. The van der Waals surface area contributed by atoms with Crippen molar-refractivity contribution in [2.75, 3.05) is 13.7 Å². The van der Waals surface area contributed by atoms with Gasteiger partial charge < -0.3 is 14.6 Å². The maximum Gasteiger partial charge on any atom is 0.254 e. The standard InChI is InChI=1S/C25H20ClFN4O4.C2H6/c1-14-29-25(35-31-14)16-5-3-4-15(6-7-16)24(33)28-13-21(32)20-10-11-22(34-2)23(30-20)17-8-9-19(27)18(26)12-17;1-2/h3-4,6-12H,5,13H2,1-2H3,(H,28,33);1-2H3. The van der Waals surface area contributed by atoms with Crippen LogP contribution in [0, 0.1) is 12.7 Å². The number of allylic oxidation sites excluding steroid dienone is 4. The number of pyridine rings is 1. The number of ketones is 1. The highest BCUT2D eigenvalue weighted by Crippen LogP contribution is 2.31. The third-order valence-corrected chi connectivity index (χ3v) is 5.42. The van der Waals surface area contributed by atoms with Gasteiger partial charge in [-0.15, -0.1) is 0 Å². The summed E-state index contributed by atoms with van der Waals surface area (Å²) in [7, 11) is 1.46. The zero-order chi connectivity index (χ0) is 26.9. The number of aromatic nitrogens is 3. The molecule has 0 atom stereocenters. The van der Waals surface area contributed by atoms with Gasteiger partial charge in [0.2, 0.25) is 0 Å². The van der Waals surface area contributed by atoms with Crippen LogP contribution in [0.15, 0.2) is 64.7 Å². The fraction of sp³-hybridized carbons (Fsp3) is 0.222.